The van der Waals surface area contributed by atoms with E-state index < -0.39 is 5.91 Å². The van der Waals surface area contributed by atoms with Crippen molar-refractivity contribution in [3.05, 3.63) is 92.4 Å². The van der Waals surface area contributed by atoms with E-state index in [0.29, 0.717) is 38.3 Å². The van der Waals surface area contributed by atoms with Crippen LogP contribution >= 0.6 is 34.8 Å². The number of amides is 2. The molecule has 3 aromatic rings. The third-order valence-electron chi connectivity index (χ3n) is 4.56. The lowest BCUT2D eigenvalue weighted by Crippen LogP contribution is -2.25. The van der Waals surface area contributed by atoms with E-state index in [9.17, 15) is 9.59 Å². The van der Waals surface area contributed by atoms with Gasteiger partial charge in [-0.15, -0.1) is 0 Å². The Bertz CT molecular complexity index is 1230. The van der Waals surface area contributed by atoms with Crippen LogP contribution in [0.3, 0.4) is 0 Å². The number of hydrogen-bond donors (Lipinski definition) is 2. The molecule has 33 heavy (non-hydrogen) atoms. The number of carbonyl (C=O) groups is 2. The molecule has 0 fully saturated rings. The van der Waals surface area contributed by atoms with Gasteiger partial charge in [-0.25, -0.2) is 5.43 Å². The van der Waals surface area contributed by atoms with Crippen molar-refractivity contribution in [3.63, 3.8) is 0 Å². The minimum absolute atomic E-state index is 0.197. The molecule has 0 heterocycles. The van der Waals surface area contributed by atoms with Gasteiger partial charge >= 0.3 is 0 Å². The summed E-state index contributed by atoms with van der Waals surface area (Å²) >= 11 is 17.9. The molecule has 0 spiro atoms. The normalized spacial score (nSPS) is 11.1. The summed E-state index contributed by atoms with van der Waals surface area (Å²) in [6.45, 7) is 3.38. The number of ether oxygens (including phenoxy) is 1. The lowest BCUT2D eigenvalue weighted by Gasteiger charge is -2.10. The first-order valence-corrected chi connectivity index (χ1v) is 11.0. The van der Waals surface area contributed by atoms with Crippen LogP contribution < -0.4 is 15.5 Å². The van der Waals surface area contributed by atoms with Crippen molar-refractivity contribution in [1.29, 1.82) is 0 Å². The van der Waals surface area contributed by atoms with Crippen LogP contribution in [-0.2, 0) is 4.79 Å². The fourth-order valence-corrected chi connectivity index (χ4v) is 3.58. The predicted octanol–water partition coefficient (Wildman–Crippen LogP) is 6.13. The Hall–Kier alpha value is -3.06. The first kappa shape index (κ1) is 24.6. The van der Waals surface area contributed by atoms with Gasteiger partial charge in [-0.1, -0.05) is 46.9 Å². The second-order valence-electron chi connectivity index (χ2n) is 7.09. The van der Waals surface area contributed by atoms with Crippen LogP contribution in [-0.4, -0.2) is 24.1 Å². The number of carbonyl (C=O) groups excluding carboxylic acids is 2. The fourth-order valence-electron chi connectivity index (χ4n) is 2.86. The van der Waals surface area contributed by atoms with Crippen LogP contribution in [0.5, 0.6) is 5.75 Å². The molecule has 0 aliphatic heterocycles. The van der Waals surface area contributed by atoms with Crippen LogP contribution in [0, 0.1) is 6.92 Å². The molecule has 6 nitrogen and oxygen atoms in total. The Morgan fingerprint density at radius 3 is 2.42 bits per heavy atom. The van der Waals surface area contributed by atoms with Gasteiger partial charge in [-0.2, -0.15) is 5.10 Å². The first-order chi connectivity index (χ1) is 15.7. The largest absolute Gasteiger partial charge is 0.483 e. The minimum Gasteiger partial charge on any atom is -0.483 e. The van der Waals surface area contributed by atoms with E-state index in [1.54, 1.807) is 55.5 Å². The lowest BCUT2D eigenvalue weighted by molar-refractivity contribution is -0.123. The maximum Gasteiger partial charge on any atom is 0.277 e. The molecule has 2 amide bonds. The van der Waals surface area contributed by atoms with Crippen LogP contribution in [0.15, 0.2) is 65.8 Å². The van der Waals surface area contributed by atoms with Gasteiger partial charge in [-0.05, 0) is 73.5 Å². The minimum atomic E-state index is -0.412. The number of hydrazone groups is 1. The van der Waals surface area contributed by atoms with E-state index in [-0.39, 0.29) is 17.5 Å². The average Bonchev–Trinajstić information content (AvgIpc) is 2.77. The van der Waals surface area contributed by atoms with E-state index in [1.807, 2.05) is 13.0 Å². The Labute approximate surface area is 206 Å². The second kappa shape index (κ2) is 11.2. The molecule has 0 aliphatic carbocycles. The molecule has 0 bridgehead atoms. The number of nitrogens with one attached hydrogen (secondary N) is 2. The molecule has 170 valence electrons. The zero-order chi connectivity index (χ0) is 24.0. The highest BCUT2D eigenvalue weighted by Crippen LogP contribution is 2.23. The molecule has 0 saturated heterocycles. The van der Waals surface area contributed by atoms with Gasteiger partial charge in [0.25, 0.3) is 11.8 Å². The summed E-state index contributed by atoms with van der Waals surface area (Å²) in [6.07, 6.45) is 0. The van der Waals surface area contributed by atoms with Crippen molar-refractivity contribution in [2.75, 3.05) is 11.9 Å². The maximum atomic E-state index is 12.5. The number of aryl methyl sites for hydroxylation is 1. The number of benzene rings is 3. The predicted molar refractivity (Wildman–Crippen MR) is 133 cm³/mol. The quantitative estimate of drug-likeness (QED) is 0.300. The molecule has 3 aromatic carbocycles. The molecule has 0 saturated carbocycles. The topological polar surface area (TPSA) is 79.8 Å². The van der Waals surface area contributed by atoms with Gasteiger partial charge in [0.05, 0.1) is 16.3 Å². The first-order valence-electron chi connectivity index (χ1n) is 9.82. The highest BCUT2D eigenvalue weighted by atomic mass is 35.5. The smallest absolute Gasteiger partial charge is 0.277 e. The summed E-state index contributed by atoms with van der Waals surface area (Å²) < 4.78 is 5.51. The highest BCUT2D eigenvalue weighted by Gasteiger charge is 2.12. The average molecular weight is 505 g/mol. The van der Waals surface area contributed by atoms with Crippen molar-refractivity contribution in [2.45, 2.75) is 13.8 Å². The zero-order valence-electron chi connectivity index (χ0n) is 17.8. The highest BCUT2D eigenvalue weighted by molar-refractivity contribution is 6.37. The van der Waals surface area contributed by atoms with Crippen molar-refractivity contribution in [1.82, 2.24) is 5.43 Å². The number of anilines is 1. The fraction of sp³-hybridized carbons (Fsp3) is 0.125. The summed E-state index contributed by atoms with van der Waals surface area (Å²) in [4.78, 5) is 24.6. The molecule has 0 radical (unpaired) electrons. The standard InChI is InChI=1S/C24H20Cl3N3O3/c1-14-10-17(25)7-9-22(14)33-13-23(31)30-29-15(2)16-4-3-5-19(11-16)28-24(32)20-8-6-18(26)12-21(20)27/h3-12H,13H2,1-2H3,(H,28,32)(H,30,31)/b29-15+. The maximum absolute atomic E-state index is 12.5. The molecule has 0 aliphatic rings. The van der Waals surface area contributed by atoms with Crippen LogP contribution in [0.2, 0.25) is 15.1 Å². The van der Waals surface area contributed by atoms with Gasteiger partial charge in [0.2, 0.25) is 0 Å². The monoisotopic (exact) mass is 503 g/mol. The Morgan fingerprint density at radius 1 is 0.970 bits per heavy atom. The number of hydrogen-bond acceptors (Lipinski definition) is 4. The second-order valence-corrected chi connectivity index (χ2v) is 8.37. The molecule has 3 rings (SSSR count). The van der Waals surface area contributed by atoms with Crippen molar-refractivity contribution < 1.29 is 14.3 Å². The van der Waals surface area contributed by atoms with Gasteiger partial charge in [0.15, 0.2) is 6.61 Å². The van der Waals surface area contributed by atoms with Crippen LogP contribution in [0.25, 0.3) is 0 Å². The summed E-state index contributed by atoms with van der Waals surface area (Å²) in [7, 11) is 0. The molecule has 0 atom stereocenters. The van der Waals surface area contributed by atoms with E-state index in [2.05, 4.69) is 15.8 Å². The number of rotatable bonds is 7. The van der Waals surface area contributed by atoms with Gasteiger partial charge in [-0.3, -0.25) is 9.59 Å². The van der Waals surface area contributed by atoms with E-state index in [0.717, 1.165) is 5.56 Å². The molecule has 2 N–H and O–H groups in total. The molecule has 0 unspecified atom stereocenters. The number of halogens is 3. The Balaban J connectivity index is 1.60. The Kier molecular flexibility index (Phi) is 8.33. The molecule has 0 aromatic heterocycles. The van der Waals surface area contributed by atoms with Gasteiger partial charge in [0, 0.05) is 15.7 Å². The summed E-state index contributed by atoms with van der Waals surface area (Å²) in [5, 5.41) is 8.20. The third kappa shape index (κ3) is 6.96. The van der Waals surface area contributed by atoms with Crippen LogP contribution in [0.1, 0.15) is 28.4 Å². The van der Waals surface area contributed by atoms with Gasteiger partial charge < -0.3 is 10.1 Å². The molecular formula is C24H20Cl3N3O3. The summed E-state index contributed by atoms with van der Waals surface area (Å²) in [6, 6.07) is 16.9. The van der Waals surface area contributed by atoms with Crippen LogP contribution in [0.4, 0.5) is 5.69 Å². The summed E-state index contributed by atoms with van der Waals surface area (Å²) in [5.41, 5.74) is 5.40. The van der Waals surface area contributed by atoms with Crippen molar-refractivity contribution >= 4 is 58.0 Å². The van der Waals surface area contributed by atoms with Crippen molar-refractivity contribution in [3.8, 4) is 5.75 Å². The SMILES string of the molecule is C/C(=N\NC(=O)COc1ccc(Cl)cc1C)c1cccc(NC(=O)c2ccc(Cl)cc2Cl)c1. The number of nitrogens with zero attached hydrogens (tertiary/aromatic N) is 1. The van der Waals surface area contributed by atoms with Crippen molar-refractivity contribution in [2.24, 2.45) is 5.10 Å². The lowest BCUT2D eigenvalue weighted by atomic mass is 10.1. The Morgan fingerprint density at radius 2 is 1.70 bits per heavy atom. The van der Waals surface area contributed by atoms with E-state index in [4.69, 9.17) is 39.5 Å². The summed E-state index contributed by atoms with van der Waals surface area (Å²) in [5.74, 6) is -0.212. The van der Waals surface area contributed by atoms with Gasteiger partial charge in [0.1, 0.15) is 5.75 Å². The van der Waals surface area contributed by atoms with E-state index in [1.165, 1.54) is 6.07 Å². The molecular weight excluding hydrogens is 485 g/mol. The zero-order valence-corrected chi connectivity index (χ0v) is 20.1. The van der Waals surface area contributed by atoms with E-state index >= 15 is 0 Å². The third-order valence-corrected chi connectivity index (χ3v) is 5.34. The molecule has 9 heteroatoms.